The molecular formula is C15H24N2O2S. The van der Waals surface area contributed by atoms with Crippen molar-refractivity contribution in [1.29, 1.82) is 0 Å². The van der Waals surface area contributed by atoms with E-state index >= 15 is 0 Å². The van der Waals surface area contributed by atoms with Crippen LogP contribution in [0.15, 0.2) is 24.3 Å². The number of para-hydroxylation sites is 1. The summed E-state index contributed by atoms with van der Waals surface area (Å²) in [5, 5.41) is 2.78. The van der Waals surface area contributed by atoms with Gasteiger partial charge in [0, 0.05) is 18.6 Å². The molecule has 1 aromatic rings. The number of benzene rings is 1. The third kappa shape index (κ3) is 2.83. The maximum absolute atomic E-state index is 12.8. The van der Waals surface area contributed by atoms with Crippen LogP contribution in [0, 0.1) is 0 Å². The molecular weight excluding hydrogens is 272 g/mol. The zero-order chi connectivity index (χ0) is 14.9. The molecule has 1 heterocycles. The number of hydrogen-bond donors (Lipinski definition) is 1. The third-order valence-corrected chi connectivity index (χ3v) is 6.03. The molecule has 0 bridgehead atoms. The van der Waals surface area contributed by atoms with Crippen LogP contribution in [-0.2, 0) is 16.4 Å². The monoisotopic (exact) mass is 296 g/mol. The van der Waals surface area contributed by atoms with E-state index in [0.717, 1.165) is 17.7 Å². The smallest absolute Gasteiger partial charge is 0.239 e. The topological polar surface area (TPSA) is 49.4 Å². The van der Waals surface area contributed by atoms with Crippen LogP contribution in [0.1, 0.15) is 33.3 Å². The van der Waals surface area contributed by atoms with E-state index in [0.29, 0.717) is 6.54 Å². The highest BCUT2D eigenvalue weighted by atomic mass is 32.2. The Labute approximate surface area is 122 Å². The number of fused-ring (bicyclic) bond motifs is 1. The summed E-state index contributed by atoms with van der Waals surface area (Å²) in [4.78, 5) is 0. The largest absolute Gasteiger partial charge is 0.313 e. The van der Waals surface area contributed by atoms with E-state index in [-0.39, 0.29) is 12.1 Å². The van der Waals surface area contributed by atoms with Gasteiger partial charge in [-0.25, -0.2) is 8.42 Å². The zero-order valence-electron chi connectivity index (χ0n) is 12.6. The molecule has 112 valence electrons. The van der Waals surface area contributed by atoms with Gasteiger partial charge in [-0.15, -0.1) is 0 Å². The van der Waals surface area contributed by atoms with E-state index < -0.39 is 15.3 Å². The number of anilines is 1. The number of rotatable bonds is 5. The van der Waals surface area contributed by atoms with Crippen LogP contribution >= 0.6 is 0 Å². The van der Waals surface area contributed by atoms with Crippen LogP contribution in [0.25, 0.3) is 0 Å². The first-order chi connectivity index (χ1) is 9.34. The molecule has 0 fully saturated rings. The standard InChI is InChI=1S/C15H24N2O2S/c1-11(2)16-10-13(4)20(18,19)17-12(3)9-14-7-5-6-8-15(14)17/h5-8,11-13,16H,9-10H2,1-4H3. The first-order valence-electron chi connectivity index (χ1n) is 7.18. The van der Waals surface area contributed by atoms with Crippen LogP contribution in [0.4, 0.5) is 5.69 Å². The fourth-order valence-electron chi connectivity index (χ4n) is 2.63. The van der Waals surface area contributed by atoms with Crippen molar-refractivity contribution in [2.45, 2.75) is 51.4 Å². The predicted octanol–water partition coefficient (Wildman–Crippen LogP) is 2.15. The second kappa shape index (κ2) is 5.74. The molecule has 0 amide bonds. The van der Waals surface area contributed by atoms with Gasteiger partial charge in [-0.1, -0.05) is 32.0 Å². The second-order valence-electron chi connectivity index (χ2n) is 5.90. The normalized spacial score (nSPS) is 20.2. The van der Waals surface area contributed by atoms with Crippen molar-refractivity contribution in [3.8, 4) is 0 Å². The van der Waals surface area contributed by atoms with E-state index in [9.17, 15) is 8.42 Å². The van der Waals surface area contributed by atoms with Crippen LogP contribution < -0.4 is 9.62 Å². The van der Waals surface area contributed by atoms with Crippen molar-refractivity contribution < 1.29 is 8.42 Å². The zero-order valence-corrected chi connectivity index (χ0v) is 13.4. The van der Waals surface area contributed by atoms with Crippen molar-refractivity contribution >= 4 is 15.7 Å². The predicted molar refractivity (Wildman–Crippen MR) is 83.6 cm³/mol. The molecule has 2 rings (SSSR count). The Morgan fingerprint density at radius 3 is 2.60 bits per heavy atom. The summed E-state index contributed by atoms with van der Waals surface area (Å²) in [6.07, 6.45) is 0.791. The fourth-order valence-corrected chi connectivity index (χ4v) is 4.35. The lowest BCUT2D eigenvalue weighted by Gasteiger charge is -2.28. The number of hydrogen-bond acceptors (Lipinski definition) is 3. The minimum absolute atomic E-state index is 0.00102. The van der Waals surface area contributed by atoms with Crippen molar-refractivity contribution in [2.75, 3.05) is 10.8 Å². The summed E-state index contributed by atoms with van der Waals surface area (Å²) < 4.78 is 27.2. The Morgan fingerprint density at radius 1 is 1.30 bits per heavy atom. The maximum Gasteiger partial charge on any atom is 0.239 e. The van der Waals surface area contributed by atoms with Crippen molar-refractivity contribution in [2.24, 2.45) is 0 Å². The highest BCUT2D eigenvalue weighted by molar-refractivity contribution is 7.93. The number of nitrogens with zero attached hydrogens (tertiary/aromatic N) is 1. The van der Waals surface area contributed by atoms with Crippen LogP contribution in [-0.4, -0.2) is 32.3 Å². The van der Waals surface area contributed by atoms with Gasteiger partial charge in [0.25, 0.3) is 0 Å². The summed E-state index contributed by atoms with van der Waals surface area (Å²) in [5.41, 5.74) is 1.96. The summed E-state index contributed by atoms with van der Waals surface area (Å²) in [5.74, 6) is 0. The Balaban J connectivity index is 2.25. The molecule has 0 radical (unpaired) electrons. The minimum atomic E-state index is -3.33. The van der Waals surface area contributed by atoms with Gasteiger partial charge < -0.3 is 5.32 Å². The van der Waals surface area contributed by atoms with Gasteiger partial charge in [0.15, 0.2) is 0 Å². The first kappa shape index (κ1) is 15.3. The molecule has 0 aliphatic carbocycles. The molecule has 20 heavy (non-hydrogen) atoms. The lowest BCUT2D eigenvalue weighted by molar-refractivity contribution is 0.543. The van der Waals surface area contributed by atoms with Gasteiger partial charge in [-0.3, -0.25) is 4.31 Å². The quantitative estimate of drug-likeness (QED) is 0.906. The molecule has 0 saturated heterocycles. The summed E-state index contributed by atoms with van der Waals surface area (Å²) in [6.45, 7) is 8.27. The maximum atomic E-state index is 12.8. The molecule has 1 N–H and O–H groups in total. The highest BCUT2D eigenvalue weighted by Crippen LogP contribution is 2.35. The second-order valence-corrected chi connectivity index (χ2v) is 8.12. The van der Waals surface area contributed by atoms with Crippen LogP contribution in [0.2, 0.25) is 0 Å². The van der Waals surface area contributed by atoms with Gasteiger partial charge in [-0.05, 0) is 31.9 Å². The van der Waals surface area contributed by atoms with Crippen LogP contribution in [0.3, 0.4) is 0 Å². The van der Waals surface area contributed by atoms with Gasteiger partial charge >= 0.3 is 0 Å². The average molecular weight is 296 g/mol. The number of sulfonamides is 1. The molecule has 2 atom stereocenters. The third-order valence-electron chi connectivity index (χ3n) is 3.74. The summed E-state index contributed by atoms with van der Waals surface area (Å²) in [7, 11) is -3.33. The fraction of sp³-hybridized carbons (Fsp3) is 0.600. The minimum Gasteiger partial charge on any atom is -0.313 e. The van der Waals surface area contributed by atoms with Crippen LogP contribution in [0.5, 0.6) is 0 Å². The molecule has 1 aromatic carbocycles. The molecule has 0 aromatic heterocycles. The molecule has 0 saturated carbocycles. The molecule has 4 nitrogen and oxygen atoms in total. The van der Waals surface area contributed by atoms with E-state index in [1.165, 1.54) is 0 Å². The summed E-state index contributed by atoms with van der Waals surface area (Å²) in [6, 6.07) is 8.06. The van der Waals surface area contributed by atoms with Crippen molar-refractivity contribution in [3.05, 3.63) is 29.8 Å². The van der Waals surface area contributed by atoms with E-state index in [1.54, 1.807) is 11.2 Å². The van der Waals surface area contributed by atoms with Gasteiger partial charge in [-0.2, -0.15) is 0 Å². The van der Waals surface area contributed by atoms with E-state index in [2.05, 4.69) is 5.32 Å². The molecule has 1 aliphatic heterocycles. The van der Waals surface area contributed by atoms with E-state index in [1.807, 2.05) is 45.0 Å². The molecule has 2 unspecified atom stereocenters. The van der Waals surface area contributed by atoms with Gasteiger partial charge in [0.05, 0.1) is 10.9 Å². The summed E-state index contributed by atoms with van der Waals surface area (Å²) >= 11 is 0. The van der Waals surface area contributed by atoms with Gasteiger partial charge in [0.1, 0.15) is 0 Å². The Kier molecular flexibility index (Phi) is 4.39. The Morgan fingerprint density at radius 2 is 1.95 bits per heavy atom. The highest BCUT2D eigenvalue weighted by Gasteiger charge is 2.37. The Hall–Kier alpha value is -1.07. The van der Waals surface area contributed by atoms with Crippen molar-refractivity contribution in [3.63, 3.8) is 0 Å². The lowest BCUT2D eigenvalue weighted by Crippen LogP contribution is -2.45. The lowest BCUT2D eigenvalue weighted by atomic mass is 10.1. The number of nitrogens with one attached hydrogen (secondary N) is 1. The SMILES string of the molecule is CC(C)NCC(C)S(=O)(=O)N1c2ccccc2CC1C. The average Bonchev–Trinajstić information content (AvgIpc) is 2.71. The molecule has 1 aliphatic rings. The van der Waals surface area contributed by atoms with Crippen molar-refractivity contribution in [1.82, 2.24) is 5.32 Å². The molecule has 0 spiro atoms. The van der Waals surface area contributed by atoms with E-state index in [4.69, 9.17) is 0 Å². The molecule has 5 heteroatoms. The Bertz CT molecular complexity index is 569. The first-order valence-corrected chi connectivity index (χ1v) is 8.69. The van der Waals surface area contributed by atoms with Gasteiger partial charge in [0.2, 0.25) is 10.0 Å².